The van der Waals surface area contributed by atoms with Gasteiger partial charge in [-0.2, -0.15) is 0 Å². The van der Waals surface area contributed by atoms with Crippen molar-refractivity contribution in [3.05, 3.63) is 0 Å². The summed E-state index contributed by atoms with van der Waals surface area (Å²) in [5.41, 5.74) is 0.589. The van der Waals surface area contributed by atoms with Crippen molar-refractivity contribution in [2.45, 2.75) is 32.8 Å². The summed E-state index contributed by atoms with van der Waals surface area (Å²) >= 11 is 0. The molecule has 0 aromatic carbocycles. The van der Waals surface area contributed by atoms with Gasteiger partial charge in [0.25, 0.3) is 0 Å². The van der Waals surface area contributed by atoms with Gasteiger partial charge in [0.05, 0.1) is 12.7 Å². The summed E-state index contributed by atoms with van der Waals surface area (Å²) in [5.74, 6) is 0.827. The Morgan fingerprint density at radius 2 is 2.08 bits per heavy atom. The Morgan fingerprint density at radius 1 is 1.33 bits per heavy atom. The number of morpholine rings is 1. The van der Waals surface area contributed by atoms with E-state index in [1.807, 2.05) is 0 Å². The molecular formula is C10H19NO. The average molecular weight is 169 g/mol. The smallest absolute Gasteiger partial charge is 0.0728 e. The quantitative estimate of drug-likeness (QED) is 0.641. The van der Waals surface area contributed by atoms with E-state index < -0.39 is 0 Å². The summed E-state index contributed by atoms with van der Waals surface area (Å²) in [6, 6.07) is 0. The monoisotopic (exact) mass is 169 g/mol. The van der Waals surface area contributed by atoms with Gasteiger partial charge in [0.1, 0.15) is 0 Å². The lowest BCUT2D eigenvalue weighted by Gasteiger charge is -2.47. The summed E-state index contributed by atoms with van der Waals surface area (Å²) in [5, 5.41) is 3.39. The molecule has 2 rings (SSSR count). The van der Waals surface area contributed by atoms with Crippen LogP contribution in [0.25, 0.3) is 0 Å². The van der Waals surface area contributed by atoms with Crippen molar-refractivity contribution >= 4 is 0 Å². The molecule has 1 aliphatic carbocycles. The Labute approximate surface area is 74.7 Å². The summed E-state index contributed by atoms with van der Waals surface area (Å²) in [7, 11) is 0. The van der Waals surface area contributed by atoms with Gasteiger partial charge in [0.2, 0.25) is 0 Å². The van der Waals surface area contributed by atoms with Gasteiger partial charge >= 0.3 is 0 Å². The molecular weight excluding hydrogens is 150 g/mol. The zero-order valence-electron chi connectivity index (χ0n) is 8.10. The first-order chi connectivity index (χ1) is 5.67. The second kappa shape index (κ2) is 3.00. The van der Waals surface area contributed by atoms with Crippen LogP contribution < -0.4 is 5.32 Å². The molecule has 0 bridgehead atoms. The van der Waals surface area contributed by atoms with Crippen molar-refractivity contribution in [1.82, 2.24) is 5.32 Å². The maximum Gasteiger partial charge on any atom is 0.0728 e. The molecule has 1 saturated heterocycles. The summed E-state index contributed by atoms with van der Waals surface area (Å²) in [4.78, 5) is 0. The van der Waals surface area contributed by atoms with E-state index in [1.165, 1.54) is 12.8 Å². The molecule has 1 heterocycles. The van der Waals surface area contributed by atoms with Gasteiger partial charge in [-0.3, -0.25) is 0 Å². The highest BCUT2D eigenvalue weighted by molar-refractivity contribution is 4.92. The molecule has 1 unspecified atom stereocenters. The van der Waals surface area contributed by atoms with Gasteiger partial charge in [0.15, 0.2) is 0 Å². The largest absolute Gasteiger partial charge is 0.375 e. The number of ether oxygens (including phenoxy) is 1. The third-order valence-corrected chi connectivity index (χ3v) is 3.11. The fourth-order valence-corrected chi connectivity index (χ4v) is 2.51. The van der Waals surface area contributed by atoms with E-state index in [9.17, 15) is 0 Å². The van der Waals surface area contributed by atoms with E-state index >= 15 is 0 Å². The van der Waals surface area contributed by atoms with Crippen molar-refractivity contribution < 1.29 is 4.74 Å². The highest BCUT2D eigenvalue weighted by Gasteiger charge is 2.41. The van der Waals surface area contributed by atoms with Gasteiger partial charge in [-0.15, -0.1) is 0 Å². The minimum Gasteiger partial charge on any atom is -0.375 e. The van der Waals surface area contributed by atoms with Crippen LogP contribution in [-0.2, 0) is 4.74 Å². The second-order valence-corrected chi connectivity index (χ2v) is 4.95. The van der Waals surface area contributed by atoms with Crippen LogP contribution in [0.3, 0.4) is 0 Å². The molecule has 0 amide bonds. The van der Waals surface area contributed by atoms with Crippen LogP contribution in [0, 0.1) is 11.3 Å². The molecule has 2 heteroatoms. The maximum atomic E-state index is 5.71. The first-order valence-electron chi connectivity index (χ1n) is 5.00. The highest BCUT2D eigenvalue weighted by Crippen LogP contribution is 2.47. The van der Waals surface area contributed by atoms with Crippen molar-refractivity contribution in [2.24, 2.45) is 11.3 Å². The molecule has 2 nitrogen and oxygen atoms in total. The van der Waals surface area contributed by atoms with E-state index in [0.717, 1.165) is 25.6 Å². The van der Waals surface area contributed by atoms with Crippen LogP contribution in [0.1, 0.15) is 26.7 Å². The van der Waals surface area contributed by atoms with E-state index in [1.54, 1.807) is 0 Å². The van der Waals surface area contributed by atoms with E-state index in [-0.39, 0.29) is 0 Å². The molecule has 1 atom stereocenters. The lowest BCUT2D eigenvalue weighted by molar-refractivity contribution is -0.0704. The fourth-order valence-electron chi connectivity index (χ4n) is 2.51. The minimum atomic E-state index is 0.506. The molecule has 0 aromatic heterocycles. The maximum absolute atomic E-state index is 5.71. The zero-order valence-corrected chi connectivity index (χ0v) is 8.10. The molecule has 0 aromatic rings. The SMILES string of the molecule is CC1(C)CC(C2CNCCO2)C1. The van der Waals surface area contributed by atoms with Gasteiger partial charge < -0.3 is 10.1 Å². The molecule has 0 radical (unpaired) electrons. The van der Waals surface area contributed by atoms with Gasteiger partial charge in [-0.25, -0.2) is 0 Å². The van der Waals surface area contributed by atoms with Crippen LogP contribution in [0.4, 0.5) is 0 Å². The third kappa shape index (κ3) is 1.64. The molecule has 0 spiro atoms. The molecule has 1 saturated carbocycles. The van der Waals surface area contributed by atoms with Crippen LogP contribution >= 0.6 is 0 Å². The normalized spacial score (nSPS) is 36.0. The van der Waals surface area contributed by atoms with Crippen molar-refractivity contribution in [1.29, 1.82) is 0 Å². The number of rotatable bonds is 1. The Kier molecular flexibility index (Phi) is 2.13. The first kappa shape index (κ1) is 8.52. The molecule has 1 aliphatic heterocycles. The molecule has 12 heavy (non-hydrogen) atoms. The van der Waals surface area contributed by atoms with Crippen LogP contribution in [0.2, 0.25) is 0 Å². The summed E-state index contributed by atoms with van der Waals surface area (Å²) < 4.78 is 5.71. The minimum absolute atomic E-state index is 0.506. The van der Waals surface area contributed by atoms with Crippen LogP contribution in [0.15, 0.2) is 0 Å². The van der Waals surface area contributed by atoms with Crippen LogP contribution in [0.5, 0.6) is 0 Å². The van der Waals surface area contributed by atoms with Gasteiger partial charge in [-0.1, -0.05) is 13.8 Å². The Bertz CT molecular complexity index is 153. The fraction of sp³-hybridized carbons (Fsp3) is 1.00. The Morgan fingerprint density at radius 3 is 2.58 bits per heavy atom. The number of hydrogen-bond donors (Lipinski definition) is 1. The van der Waals surface area contributed by atoms with Crippen molar-refractivity contribution in [3.63, 3.8) is 0 Å². The highest BCUT2D eigenvalue weighted by atomic mass is 16.5. The standard InChI is InChI=1S/C10H19NO/c1-10(2)5-8(6-10)9-7-11-3-4-12-9/h8-9,11H,3-7H2,1-2H3. The molecule has 2 fully saturated rings. The molecule has 1 N–H and O–H groups in total. The second-order valence-electron chi connectivity index (χ2n) is 4.95. The van der Waals surface area contributed by atoms with Crippen LogP contribution in [-0.4, -0.2) is 25.8 Å². The van der Waals surface area contributed by atoms with E-state index in [0.29, 0.717) is 11.5 Å². The van der Waals surface area contributed by atoms with Crippen molar-refractivity contribution in [2.75, 3.05) is 19.7 Å². The van der Waals surface area contributed by atoms with Gasteiger partial charge in [0, 0.05) is 13.1 Å². The average Bonchev–Trinajstić information content (AvgIpc) is 2.02. The number of hydrogen-bond acceptors (Lipinski definition) is 2. The molecule has 2 aliphatic rings. The zero-order chi connectivity index (χ0) is 8.60. The topological polar surface area (TPSA) is 21.3 Å². The number of nitrogens with one attached hydrogen (secondary N) is 1. The first-order valence-corrected chi connectivity index (χ1v) is 5.00. The van der Waals surface area contributed by atoms with Gasteiger partial charge in [-0.05, 0) is 24.2 Å². The van der Waals surface area contributed by atoms with E-state index in [4.69, 9.17) is 4.74 Å². The van der Waals surface area contributed by atoms with E-state index in [2.05, 4.69) is 19.2 Å². The predicted molar refractivity (Wildman–Crippen MR) is 49.1 cm³/mol. The lowest BCUT2D eigenvalue weighted by atomic mass is 9.62. The lowest BCUT2D eigenvalue weighted by Crippen LogP contribution is -2.48. The Hall–Kier alpha value is -0.0800. The summed E-state index contributed by atoms with van der Waals surface area (Å²) in [6.45, 7) is 7.70. The predicted octanol–water partition coefficient (Wildman–Crippen LogP) is 1.41. The van der Waals surface area contributed by atoms with Crippen molar-refractivity contribution in [3.8, 4) is 0 Å². The summed E-state index contributed by atoms with van der Waals surface area (Å²) in [6.07, 6.45) is 3.20. The third-order valence-electron chi connectivity index (χ3n) is 3.11. The molecule has 70 valence electrons. The Balaban J connectivity index is 1.79.